The zero-order valence-corrected chi connectivity index (χ0v) is 10.7. The predicted octanol–water partition coefficient (Wildman–Crippen LogP) is 1.72. The van der Waals surface area contributed by atoms with E-state index in [1.54, 1.807) is 0 Å². The smallest absolute Gasteiger partial charge is 0.358 e. The van der Waals surface area contributed by atoms with Gasteiger partial charge in [-0.15, -0.1) is 0 Å². The van der Waals surface area contributed by atoms with Gasteiger partial charge in [-0.3, -0.25) is 0 Å². The second-order valence-electron chi connectivity index (χ2n) is 3.92. The maximum atomic E-state index is 13.7. The second kappa shape index (κ2) is 4.67. The minimum atomic E-state index is -3.77. The van der Waals surface area contributed by atoms with E-state index in [4.69, 9.17) is 5.11 Å². The number of carboxylic acids is 1. The molecule has 0 amide bonds. The number of hydrogen-bond acceptors (Lipinski definition) is 5. The van der Waals surface area contributed by atoms with Crippen LogP contribution in [0, 0.1) is 11.6 Å². The predicted molar refractivity (Wildman–Crippen MR) is 61.9 cm³/mol. The van der Waals surface area contributed by atoms with Crippen LogP contribution in [0.5, 0.6) is 0 Å². The molecule has 1 aromatic heterocycles. The van der Waals surface area contributed by atoms with E-state index in [9.17, 15) is 22.0 Å². The Balaban J connectivity index is 2.66. The first-order valence-corrected chi connectivity index (χ1v) is 6.99. The lowest BCUT2D eigenvalue weighted by Gasteiger charge is -2.04. The van der Waals surface area contributed by atoms with E-state index in [-0.39, 0.29) is 5.76 Å². The number of aromatic nitrogens is 1. The molecule has 0 radical (unpaired) electrons. The van der Waals surface area contributed by atoms with Crippen LogP contribution in [-0.4, -0.2) is 30.9 Å². The molecule has 0 fully saturated rings. The molecule has 1 heterocycles. The fraction of sp³-hybridized carbons (Fsp3) is 0.0909. The molecular formula is C11H7F2NO5S. The fourth-order valence-electron chi connectivity index (χ4n) is 1.46. The molecule has 106 valence electrons. The van der Waals surface area contributed by atoms with E-state index in [0.717, 1.165) is 18.4 Å². The largest absolute Gasteiger partial charge is 0.476 e. The van der Waals surface area contributed by atoms with Crippen LogP contribution in [0.4, 0.5) is 8.78 Å². The van der Waals surface area contributed by atoms with Crippen molar-refractivity contribution >= 4 is 15.8 Å². The summed E-state index contributed by atoms with van der Waals surface area (Å²) in [4.78, 5) is 10.2. The number of benzene rings is 1. The van der Waals surface area contributed by atoms with Gasteiger partial charge in [0.1, 0.15) is 0 Å². The average Bonchev–Trinajstić information content (AvgIpc) is 2.80. The van der Waals surface area contributed by atoms with E-state index in [1.165, 1.54) is 0 Å². The Morgan fingerprint density at radius 1 is 1.30 bits per heavy atom. The minimum Gasteiger partial charge on any atom is -0.476 e. The van der Waals surface area contributed by atoms with Crippen molar-refractivity contribution in [3.05, 3.63) is 35.5 Å². The number of halogens is 2. The Hall–Kier alpha value is -2.29. The molecule has 0 saturated carbocycles. The Bertz CT molecular complexity index is 797. The highest BCUT2D eigenvalue weighted by atomic mass is 32.2. The van der Waals surface area contributed by atoms with Crippen molar-refractivity contribution in [1.82, 2.24) is 5.16 Å². The lowest BCUT2D eigenvalue weighted by atomic mass is 10.1. The van der Waals surface area contributed by atoms with Crippen LogP contribution in [0.1, 0.15) is 10.5 Å². The Morgan fingerprint density at radius 2 is 1.95 bits per heavy atom. The standard InChI is InChI=1S/C11H7F2NO5S/c1-20(17,18)5-2-6(10(13)7(12)3-5)9-4-8(11(15)16)14-19-9/h2-4H,1H3,(H,15,16). The first-order valence-electron chi connectivity index (χ1n) is 5.09. The van der Waals surface area contributed by atoms with Gasteiger partial charge in [0.2, 0.25) is 0 Å². The lowest BCUT2D eigenvalue weighted by Crippen LogP contribution is -2.01. The molecule has 9 heteroatoms. The maximum Gasteiger partial charge on any atom is 0.358 e. The third-order valence-electron chi connectivity index (χ3n) is 2.42. The normalized spacial score (nSPS) is 11.6. The molecular weight excluding hydrogens is 296 g/mol. The summed E-state index contributed by atoms with van der Waals surface area (Å²) in [5.74, 6) is -4.55. The van der Waals surface area contributed by atoms with Crippen LogP contribution in [0.15, 0.2) is 27.6 Å². The summed E-state index contributed by atoms with van der Waals surface area (Å²) >= 11 is 0. The Morgan fingerprint density at radius 3 is 2.45 bits per heavy atom. The number of carboxylic acid groups (broad SMARTS) is 1. The van der Waals surface area contributed by atoms with Crippen LogP contribution in [0.25, 0.3) is 11.3 Å². The summed E-state index contributed by atoms with van der Waals surface area (Å²) < 4.78 is 54.4. The van der Waals surface area contributed by atoms with Crippen molar-refractivity contribution in [2.75, 3.05) is 6.26 Å². The molecule has 0 spiro atoms. The molecule has 1 aromatic carbocycles. The molecule has 0 aliphatic heterocycles. The van der Waals surface area contributed by atoms with E-state index in [0.29, 0.717) is 6.07 Å². The van der Waals surface area contributed by atoms with Gasteiger partial charge in [-0.05, 0) is 12.1 Å². The monoisotopic (exact) mass is 303 g/mol. The molecule has 0 atom stereocenters. The zero-order chi connectivity index (χ0) is 15.1. The highest BCUT2D eigenvalue weighted by Gasteiger charge is 2.21. The van der Waals surface area contributed by atoms with Crippen LogP contribution < -0.4 is 0 Å². The third kappa shape index (κ3) is 2.52. The van der Waals surface area contributed by atoms with Crippen molar-refractivity contribution in [3.63, 3.8) is 0 Å². The number of sulfone groups is 1. The fourth-order valence-corrected chi connectivity index (χ4v) is 2.11. The molecule has 0 aliphatic rings. The van der Waals surface area contributed by atoms with Crippen molar-refractivity contribution in [3.8, 4) is 11.3 Å². The van der Waals surface area contributed by atoms with Gasteiger partial charge in [-0.1, -0.05) is 5.16 Å². The summed E-state index contributed by atoms with van der Waals surface area (Å²) in [5.41, 5.74) is -1.03. The van der Waals surface area contributed by atoms with E-state index >= 15 is 0 Å². The van der Waals surface area contributed by atoms with Gasteiger partial charge >= 0.3 is 5.97 Å². The lowest BCUT2D eigenvalue weighted by molar-refractivity contribution is 0.0686. The zero-order valence-electron chi connectivity index (χ0n) is 9.92. The number of hydrogen-bond donors (Lipinski definition) is 1. The first kappa shape index (κ1) is 14.1. The topological polar surface area (TPSA) is 97.5 Å². The Kier molecular flexibility index (Phi) is 3.30. The summed E-state index contributed by atoms with van der Waals surface area (Å²) in [5, 5.41) is 11.8. The molecule has 2 rings (SSSR count). The van der Waals surface area contributed by atoms with E-state index in [1.807, 2.05) is 0 Å². The van der Waals surface area contributed by atoms with E-state index in [2.05, 4.69) is 9.68 Å². The molecule has 0 bridgehead atoms. The number of aromatic carboxylic acids is 1. The van der Waals surface area contributed by atoms with Crippen molar-refractivity contribution < 1.29 is 31.6 Å². The minimum absolute atomic E-state index is 0.385. The van der Waals surface area contributed by atoms with Crippen LogP contribution in [0.2, 0.25) is 0 Å². The van der Waals surface area contributed by atoms with Gasteiger partial charge in [-0.2, -0.15) is 0 Å². The highest BCUT2D eigenvalue weighted by Crippen LogP contribution is 2.28. The van der Waals surface area contributed by atoms with Crippen molar-refractivity contribution in [2.24, 2.45) is 0 Å². The SMILES string of the molecule is CS(=O)(=O)c1cc(F)c(F)c(-c2cc(C(=O)O)no2)c1. The molecule has 0 aliphatic carbocycles. The molecule has 0 unspecified atom stereocenters. The quantitative estimate of drug-likeness (QED) is 0.867. The van der Waals surface area contributed by atoms with Gasteiger partial charge in [-0.25, -0.2) is 22.0 Å². The molecule has 2 aromatic rings. The Labute approximate surface area is 111 Å². The van der Waals surface area contributed by atoms with Crippen molar-refractivity contribution in [2.45, 2.75) is 4.90 Å². The highest BCUT2D eigenvalue weighted by molar-refractivity contribution is 7.90. The van der Waals surface area contributed by atoms with Crippen LogP contribution in [-0.2, 0) is 9.84 Å². The molecule has 1 N–H and O–H groups in total. The molecule has 20 heavy (non-hydrogen) atoms. The second-order valence-corrected chi connectivity index (χ2v) is 5.94. The van der Waals surface area contributed by atoms with Crippen LogP contribution in [0.3, 0.4) is 0 Å². The third-order valence-corrected chi connectivity index (χ3v) is 3.52. The van der Waals surface area contributed by atoms with Gasteiger partial charge < -0.3 is 9.63 Å². The summed E-state index contributed by atoms with van der Waals surface area (Å²) in [6, 6.07) is 2.24. The van der Waals surface area contributed by atoms with E-state index < -0.39 is 43.6 Å². The van der Waals surface area contributed by atoms with Gasteiger partial charge in [0.05, 0.1) is 10.5 Å². The number of nitrogens with zero attached hydrogens (tertiary/aromatic N) is 1. The summed E-state index contributed by atoms with van der Waals surface area (Å²) in [7, 11) is -3.77. The number of carbonyl (C=O) groups is 1. The molecule has 0 saturated heterocycles. The van der Waals surface area contributed by atoms with Gasteiger partial charge in [0.15, 0.2) is 32.9 Å². The molecule has 6 nitrogen and oxygen atoms in total. The first-order chi connectivity index (χ1) is 9.20. The maximum absolute atomic E-state index is 13.7. The van der Waals surface area contributed by atoms with Crippen LogP contribution >= 0.6 is 0 Å². The summed E-state index contributed by atoms with van der Waals surface area (Å²) in [6.07, 6.45) is 0.826. The average molecular weight is 303 g/mol. The number of rotatable bonds is 3. The summed E-state index contributed by atoms with van der Waals surface area (Å²) in [6.45, 7) is 0. The van der Waals surface area contributed by atoms with Crippen molar-refractivity contribution in [1.29, 1.82) is 0 Å². The van der Waals surface area contributed by atoms with Gasteiger partial charge in [0.25, 0.3) is 0 Å². The van der Waals surface area contributed by atoms with Gasteiger partial charge in [0, 0.05) is 12.3 Å².